The van der Waals surface area contributed by atoms with Gasteiger partial charge in [-0.2, -0.15) is 0 Å². The van der Waals surface area contributed by atoms with Gasteiger partial charge in [0.25, 0.3) is 5.92 Å². The molecule has 1 aliphatic heterocycles. The van der Waals surface area contributed by atoms with Crippen LogP contribution < -0.4 is 4.90 Å². The second kappa shape index (κ2) is 5.47. The van der Waals surface area contributed by atoms with Crippen LogP contribution in [0.2, 0.25) is 0 Å². The van der Waals surface area contributed by atoms with E-state index in [0.29, 0.717) is 22.9 Å². The molecular weight excluding hydrogens is 319 g/mol. The summed E-state index contributed by atoms with van der Waals surface area (Å²) in [6.45, 7) is 0.420. The number of anilines is 1. The van der Waals surface area contributed by atoms with Crippen LogP contribution in [-0.4, -0.2) is 38.6 Å². The molecule has 0 radical (unpaired) electrons. The number of hydrogen-bond donors (Lipinski definition) is 0. The maximum atomic E-state index is 13.5. The minimum atomic E-state index is -2.62. The molecule has 1 fully saturated rings. The fourth-order valence-corrected chi connectivity index (χ4v) is 2.91. The van der Waals surface area contributed by atoms with Gasteiger partial charge in [0.05, 0.1) is 0 Å². The monoisotopic (exact) mass is 333 g/mol. The van der Waals surface area contributed by atoms with Crippen molar-refractivity contribution in [2.75, 3.05) is 18.0 Å². The molecule has 0 N–H and O–H groups in total. The summed E-state index contributed by atoms with van der Waals surface area (Å²) >= 11 is 0. The first-order valence-electron chi connectivity index (χ1n) is 7.62. The lowest BCUT2D eigenvalue weighted by atomic mass is 10.1. The van der Waals surface area contributed by atoms with Gasteiger partial charge < -0.3 is 4.90 Å². The Labute approximate surface area is 135 Å². The minimum absolute atomic E-state index is 0.208. The molecule has 1 saturated heterocycles. The number of halogens is 3. The van der Waals surface area contributed by atoms with Crippen LogP contribution in [0.4, 0.5) is 19.0 Å². The van der Waals surface area contributed by atoms with Crippen LogP contribution in [0.3, 0.4) is 0 Å². The van der Waals surface area contributed by atoms with E-state index >= 15 is 0 Å². The van der Waals surface area contributed by atoms with E-state index in [1.165, 1.54) is 12.1 Å². The standard InChI is InChI=1S/C16H14F3N5/c17-12-3-1-2-11(10-12)13-21-22-15-14(20-6-9-24(13)15)23-7-4-16(18,19)5-8-23/h1-3,6,9-10H,4-5,7-8H2. The van der Waals surface area contributed by atoms with Gasteiger partial charge in [-0.1, -0.05) is 12.1 Å². The molecular formula is C16H14F3N5. The van der Waals surface area contributed by atoms with Gasteiger partial charge >= 0.3 is 0 Å². The van der Waals surface area contributed by atoms with Gasteiger partial charge in [0.1, 0.15) is 5.82 Å². The van der Waals surface area contributed by atoms with Crippen LogP contribution in [-0.2, 0) is 0 Å². The molecule has 0 aliphatic carbocycles. The first kappa shape index (κ1) is 14.9. The van der Waals surface area contributed by atoms with Gasteiger partial charge in [-0.05, 0) is 12.1 Å². The number of alkyl halides is 2. The molecule has 5 nitrogen and oxygen atoms in total. The van der Waals surface area contributed by atoms with E-state index in [1.54, 1.807) is 33.8 Å². The Balaban J connectivity index is 1.75. The maximum Gasteiger partial charge on any atom is 0.251 e. The van der Waals surface area contributed by atoms with Gasteiger partial charge in [-0.3, -0.25) is 4.40 Å². The normalized spacial score (nSPS) is 17.4. The first-order chi connectivity index (χ1) is 11.5. The molecule has 0 atom stereocenters. The van der Waals surface area contributed by atoms with Crippen LogP contribution in [0.1, 0.15) is 12.8 Å². The average molecular weight is 333 g/mol. The quantitative estimate of drug-likeness (QED) is 0.723. The van der Waals surface area contributed by atoms with Gasteiger partial charge in [0.2, 0.25) is 5.65 Å². The average Bonchev–Trinajstić information content (AvgIpc) is 2.99. The second-order valence-electron chi connectivity index (χ2n) is 5.82. The highest BCUT2D eigenvalue weighted by Gasteiger charge is 2.35. The fraction of sp³-hybridized carbons (Fsp3) is 0.312. The number of aromatic nitrogens is 4. The third kappa shape index (κ3) is 2.57. The SMILES string of the molecule is Fc1cccc(-c2nnc3c(N4CCC(F)(F)CC4)nccn23)c1. The maximum absolute atomic E-state index is 13.5. The van der Waals surface area contributed by atoms with Crippen molar-refractivity contribution < 1.29 is 13.2 Å². The van der Waals surface area contributed by atoms with E-state index < -0.39 is 5.92 Å². The molecule has 0 bridgehead atoms. The van der Waals surface area contributed by atoms with Crippen molar-refractivity contribution in [3.05, 3.63) is 42.5 Å². The molecule has 1 aromatic carbocycles. The number of nitrogens with zero attached hydrogens (tertiary/aromatic N) is 5. The number of hydrogen-bond acceptors (Lipinski definition) is 4. The third-order valence-corrected chi connectivity index (χ3v) is 4.19. The molecule has 124 valence electrons. The van der Waals surface area contributed by atoms with Gasteiger partial charge in [-0.15, -0.1) is 10.2 Å². The van der Waals surface area contributed by atoms with Crippen molar-refractivity contribution in [1.82, 2.24) is 19.6 Å². The molecule has 3 aromatic rings. The summed E-state index contributed by atoms with van der Waals surface area (Å²) < 4.78 is 41.9. The van der Waals surface area contributed by atoms with E-state index in [2.05, 4.69) is 15.2 Å². The Hall–Kier alpha value is -2.64. The Morgan fingerprint density at radius 2 is 1.88 bits per heavy atom. The highest BCUT2D eigenvalue weighted by molar-refractivity contribution is 5.68. The number of benzene rings is 1. The van der Waals surface area contributed by atoms with Gasteiger partial charge in [0.15, 0.2) is 11.6 Å². The predicted molar refractivity (Wildman–Crippen MR) is 82.6 cm³/mol. The highest BCUT2D eigenvalue weighted by Crippen LogP contribution is 2.31. The molecule has 0 spiro atoms. The molecule has 0 amide bonds. The molecule has 0 saturated carbocycles. The lowest BCUT2D eigenvalue weighted by Crippen LogP contribution is -2.40. The van der Waals surface area contributed by atoms with Crippen LogP contribution >= 0.6 is 0 Å². The highest BCUT2D eigenvalue weighted by atomic mass is 19.3. The van der Waals surface area contributed by atoms with Crippen LogP contribution in [0.15, 0.2) is 36.7 Å². The van der Waals surface area contributed by atoms with Crippen LogP contribution in [0.5, 0.6) is 0 Å². The zero-order valence-electron chi connectivity index (χ0n) is 12.7. The van der Waals surface area contributed by atoms with Gasteiger partial charge in [-0.25, -0.2) is 18.2 Å². The zero-order valence-corrected chi connectivity index (χ0v) is 12.7. The van der Waals surface area contributed by atoms with Crippen LogP contribution in [0.25, 0.3) is 17.0 Å². The topological polar surface area (TPSA) is 46.3 Å². The predicted octanol–water partition coefficient (Wildman–Crippen LogP) is 3.17. The number of rotatable bonds is 2. The third-order valence-electron chi connectivity index (χ3n) is 4.19. The van der Waals surface area contributed by atoms with Crippen molar-refractivity contribution >= 4 is 11.5 Å². The lowest BCUT2D eigenvalue weighted by Gasteiger charge is -2.32. The Bertz CT molecular complexity index is 882. The second-order valence-corrected chi connectivity index (χ2v) is 5.82. The molecule has 2 aromatic heterocycles. The number of piperidine rings is 1. The zero-order chi connectivity index (χ0) is 16.7. The summed E-state index contributed by atoms with van der Waals surface area (Å²) in [5.74, 6) is -1.99. The van der Waals surface area contributed by atoms with E-state index in [0.717, 1.165) is 0 Å². The van der Waals surface area contributed by atoms with Gasteiger partial charge in [0, 0.05) is 43.9 Å². The smallest absolute Gasteiger partial charge is 0.251 e. The Morgan fingerprint density at radius 3 is 2.62 bits per heavy atom. The molecule has 8 heteroatoms. The minimum Gasteiger partial charge on any atom is -0.353 e. The van der Waals surface area contributed by atoms with Crippen molar-refractivity contribution in [2.45, 2.75) is 18.8 Å². The summed E-state index contributed by atoms with van der Waals surface area (Å²) in [6.07, 6.45) is 2.83. The Morgan fingerprint density at radius 1 is 1.08 bits per heavy atom. The summed E-state index contributed by atoms with van der Waals surface area (Å²) in [7, 11) is 0. The van der Waals surface area contributed by atoms with E-state index in [-0.39, 0.29) is 31.7 Å². The Kier molecular flexibility index (Phi) is 3.40. The number of fused-ring (bicyclic) bond motifs is 1. The van der Waals surface area contributed by atoms with E-state index in [4.69, 9.17) is 0 Å². The van der Waals surface area contributed by atoms with E-state index in [9.17, 15) is 13.2 Å². The summed E-state index contributed by atoms with van der Waals surface area (Å²) in [6, 6.07) is 6.06. The lowest BCUT2D eigenvalue weighted by molar-refractivity contribution is -0.0221. The summed E-state index contributed by atoms with van der Waals surface area (Å²) in [4.78, 5) is 6.07. The molecule has 4 rings (SSSR count). The molecule has 0 unspecified atom stereocenters. The van der Waals surface area contributed by atoms with E-state index in [1.807, 2.05) is 0 Å². The van der Waals surface area contributed by atoms with Crippen LogP contribution in [0, 0.1) is 5.82 Å². The summed E-state index contributed by atoms with van der Waals surface area (Å²) in [5, 5.41) is 8.26. The van der Waals surface area contributed by atoms with Crippen molar-refractivity contribution in [3.63, 3.8) is 0 Å². The fourth-order valence-electron chi connectivity index (χ4n) is 2.91. The molecule has 3 heterocycles. The molecule has 24 heavy (non-hydrogen) atoms. The molecule has 1 aliphatic rings. The largest absolute Gasteiger partial charge is 0.353 e. The van der Waals surface area contributed by atoms with Crippen molar-refractivity contribution in [1.29, 1.82) is 0 Å². The van der Waals surface area contributed by atoms with Crippen molar-refractivity contribution in [2.24, 2.45) is 0 Å². The van der Waals surface area contributed by atoms with Crippen molar-refractivity contribution in [3.8, 4) is 11.4 Å². The summed E-state index contributed by atoms with van der Waals surface area (Å²) in [5.41, 5.74) is 1.06. The first-order valence-corrected chi connectivity index (χ1v) is 7.62.